The Labute approximate surface area is 173 Å². The van der Waals surface area contributed by atoms with Gasteiger partial charge in [0.1, 0.15) is 11.5 Å². The molecule has 7 heteroatoms. The normalized spacial score (nSPS) is 16.4. The Hall–Kier alpha value is -2.51. The van der Waals surface area contributed by atoms with Crippen molar-refractivity contribution in [3.8, 4) is 5.75 Å². The molecule has 0 aliphatic carbocycles. The van der Waals surface area contributed by atoms with Gasteiger partial charge >= 0.3 is 0 Å². The summed E-state index contributed by atoms with van der Waals surface area (Å²) in [7, 11) is 1.67. The Morgan fingerprint density at radius 2 is 1.97 bits per heavy atom. The number of hydrogen-bond acceptors (Lipinski definition) is 5. The molecule has 7 nitrogen and oxygen atoms in total. The van der Waals surface area contributed by atoms with Gasteiger partial charge in [-0.2, -0.15) is 0 Å². The Balaban J connectivity index is 1.54. The van der Waals surface area contributed by atoms with E-state index in [1.165, 1.54) is 0 Å². The monoisotopic (exact) mass is 400 g/mol. The average molecular weight is 401 g/mol. The number of nitrogens with zero attached hydrogens (tertiary/aromatic N) is 2. The van der Waals surface area contributed by atoms with Crippen molar-refractivity contribution in [2.24, 2.45) is 4.99 Å². The van der Waals surface area contributed by atoms with Gasteiger partial charge in [0, 0.05) is 38.6 Å². The molecule has 2 heterocycles. The lowest BCUT2D eigenvalue weighted by Crippen LogP contribution is -2.49. The van der Waals surface area contributed by atoms with Crippen LogP contribution in [-0.4, -0.2) is 63.4 Å². The lowest BCUT2D eigenvalue weighted by Gasteiger charge is -2.32. The largest absolute Gasteiger partial charge is 0.497 e. The van der Waals surface area contributed by atoms with Crippen LogP contribution in [0, 0.1) is 0 Å². The van der Waals surface area contributed by atoms with Crippen molar-refractivity contribution in [2.45, 2.75) is 25.9 Å². The lowest BCUT2D eigenvalue weighted by atomic mass is 10.2. The number of rotatable bonds is 9. The van der Waals surface area contributed by atoms with Gasteiger partial charge in [-0.1, -0.05) is 12.1 Å². The molecule has 1 atom stereocenters. The number of guanidine groups is 1. The molecule has 1 unspecified atom stereocenters. The number of morpholine rings is 1. The van der Waals surface area contributed by atoms with Gasteiger partial charge in [-0.15, -0.1) is 0 Å². The number of benzene rings is 1. The molecule has 1 aromatic carbocycles. The van der Waals surface area contributed by atoms with Crippen molar-refractivity contribution in [1.82, 2.24) is 15.5 Å². The molecule has 3 rings (SSSR count). The molecule has 158 valence electrons. The van der Waals surface area contributed by atoms with Crippen LogP contribution < -0.4 is 15.4 Å². The van der Waals surface area contributed by atoms with Crippen LogP contribution in [0.4, 0.5) is 0 Å². The van der Waals surface area contributed by atoms with Gasteiger partial charge in [0.25, 0.3) is 0 Å². The molecule has 0 saturated carbocycles. The van der Waals surface area contributed by atoms with Crippen molar-refractivity contribution in [2.75, 3.05) is 46.5 Å². The van der Waals surface area contributed by atoms with E-state index in [4.69, 9.17) is 18.9 Å². The number of furan rings is 1. The number of aliphatic imine (C=N–C) groups is 1. The molecule has 2 aromatic rings. The van der Waals surface area contributed by atoms with E-state index in [0.29, 0.717) is 12.6 Å². The molecule has 29 heavy (non-hydrogen) atoms. The van der Waals surface area contributed by atoms with Crippen molar-refractivity contribution in [3.05, 3.63) is 54.0 Å². The lowest BCUT2D eigenvalue weighted by molar-refractivity contribution is 0.0211. The van der Waals surface area contributed by atoms with Gasteiger partial charge in [0.15, 0.2) is 5.96 Å². The first-order chi connectivity index (χ1) is 14.2. The molecule has 0 radical (unpaired) electrons. The van der Waals surface area contributed by atoms with E-state index in [2.05, 4.69) is 22.5 Å². The van der Waals surface area contributed by atoms with Gasteiger partial charge in [0.05, 0.1) is 33.1 Å². The van der Waals surface area contributed by atoms with Crippen molar-refractivity contribution >= 4 is 5.96 Å². The van der Waals surface area contributed by atoms with Crippen LogP contribution in [0.15, 0.2) is 52.1 Å². The van der Waals surface area contributed by atoms with Gasteiger partial charge in [-0.25, -0.2) is 4.99 Å². The number of ether oxygens (including phenoxy) is 2. The second-order valence-electron chi connectivity index (χ2n) is 7.15. The maximum Gasteiger partial charge on any atom is 0.191 e. The van der Waals surface area contributed by atoms with Crippen LogP contribution in [-0.2, 0) is 17.7 Å². The zero-order valence-corrected chi connectivity index (χ0v) is 17.4. The fraction of sp³-hybridized carbons (Fsp3) is 0.500. The van der Waals surface area contributed by atoms with Crippen LogP contribution in [0.25, 0.3) is 0 Å². The maximum absolute atomic E-state index is 5.45. The van der Waals surface area contributed by atoms with Gasteiger partial charge < -0.3 is 24.5 Å². The third-order valence-electron chi connectivity index (χ3n) is 5.06. The minimum absolute atomic E-state index is 0.414. The predicted octanol–water partition coefficient (Wildman–Crippen LogP) is 2.29. The SMILES string of the molecule is COc1ccc(CN=C(NCCc2ccco2)NCC(C)N2CCOCC2)cc1. The molecule has 1 aromatic heterocycles. The molecule has 1 saturated heterocycles. The maximum atomic E-state index is 5.45. The molecule has 0 amide bonds. The van der Waals surface area contributed by atoms with E-state index < -0.39 is 0 Å². The first-order valence-corrected chi connectivity index (χ1v) is 10.2. The van der Waals surface area contributed by atoms with E-state index in [0.717, 1.165) is 68.8 Å². The van der Waals surface area contributed by atoms with E-state index in [9.17, 15) is 0 Å². The Morgan fingerprint density at radius 3 is 2.66 bits per heavy atom. The first-order valence-electron chi connectivity index (χ1n) is 10.2. The summed E-state index contributed by atoms with van der Waals surface area (Å²) in [6.07, 6.45) is 2.52. The van der Waals surface area contributed by atoms with Gasteiger partial charge in [-0.3, -0.25) is 4.90 Å². The summed E-state index contributed by atoms with van der Waals surface area (Å²) in [6, 6.07) is 12.3. The molecule has 1 aliphatic heterocycles. The Bertz CT molecular complexity index is 725. The molecule has 2 N–H and O–H groups in total. The Kier molecular flexibility index (Phi) is 8.40. The van der Waals surface area contributed by atoms with Crippen molar-refractivity contribution < 1.29 is 13.9 Å². The van der Waals surface area contributed by atoms with Gasteiger partial charge in [-0.05, 0) is 36.8 Å². The predicted molar refractivity (Wildman–Crippen MR) is 114 cm³/mol. The second-order valence-corrected chi connectivity index (χ2v) is 7.15. The number of hydrogen-bond donors (Lipinski definition) is 2. The summed E-state index contributed by atoms with van der Waals surface area (Å²) in [6.45, 7) is 8.01. The van der Waals surface area contributed by atoms with Crippen LogP contribution in [0.1, 0.15) is 18.2 Å². The smallest absolute Gasteiger partial charge is 0.191 e. The molecule has 1 aliphatic rings. The Morgan fingerprint density at radius 1 is 1.17 bits per heavy atom. The highest BCUT2D eigenvalue weighted by Gasteiger charge is 2.17. The molecular formula is C22H32N4O3. The van der Waals surface area contributed by atoms with E-state index in [-0.39, 0.29) is 0 Å². The summed E-state index contributed by atoms with van der Waals surface area (Å²) in [5.74, 6) is 2.63. The van der Waals surface area contributed by atoms with E-state index in [1.807, 2.05) is 36.4 Å². The topological polar surface area (TPSA) is 71.3 Å². The minimum atomic E-state index is 0.414. The standard InChI is InChI=1S/C22H32N4O3/c1-18(26-11-14-28-15-12-26)16-24-22(23-10-9-21-4-3-13-29-21)25-17-19-5-7-20(27-2)8-6-19/h3-8,13,18H,9-12,14-17H2,1-2H3,(H2,23,24,25). The third kappa shape index (κ3) is 7.11. The van der Waals surface area contributed by atoms with E-state index >= 15 is 0 Å². The van der Waals surface area contributed by atoms with Crippen molar-refractivity contribution in [3.63, 3.8) is 0 Å². The van der Waals surface area contributed by atoms with Crippen LogP contribution in [0.2, 0.25) is 0 Å². The molecule has 0 bridgehead atoms. The quantitative estimate of drug-likeness (QED) is 0.497. The number of methoxy groups -OCH3 is 1. The fourth-order valence-corrected chi connectivity index (χ4v) is 3.23. The minimum Gasteiger partial charge on any atom is -0.497 e. The summed E-state index contributed by atoms with van der Waals surface area (Å²) >= 11 is 0. The molecular weight excluding hydrogens is 368 g/mol. The molecule has 0 spiro atoms. The van der Waals surface area contributed by atoms with Crippen LogP contribution in [0.5, 0.6) is 5.75 Å². The molecule has 1 fully saturated rings. The first kappa shape index (κ1) is 21.2. The fourth-order valence-electron chi connectivity index (χ4n) is 3.23. The summed E-state index contributed by atoms with van der Waals surface area (Å²) in [4.78, 5) is 7.21. The zero-order chi connectivity index (χ0) is 20.3. The summed E-state index contributed by atoms with van der Waals surface area (Å²) in [5, 5.41) is 6.91. The number of nitrogens with one attached hydrogen (secondary N) is 2. The third-order valence-corrected chi connectivity index (χ3v) is 5.06. The second kappa shape index (κ2) is 11.5. The van der Waals surface area contributed by atoms with Crippen molar-refractivity contribution in [1.29, 1.82) is 0 Å². The van der Waals surface area contributed by atoms with Crippen LogP contribution >= 0.6 is 0 Å². The highest BCUT2D eigenvalue weighted by atomic mass is 16.5. The van der Waals surface area contributed by atoms with Crippen LogP contribution in [0.3, 0.4) is 0 Å². The van der Waals surface area contributed by atoms with Gasteiger partial charge in [0.2, 0.25) is 0 Å². The highest BCUT2D eigenvalue weighted by Crippen LogP contribution is 2.12. The average Bonchev–Trinajstić information content (AvgIpc) is 3.29. The van der Waals surface area contributed by atoms with E-state index in [1.54, 1.807) is 13.4 Å². The highest BCUT2D eigenvalue weighted by molar-refractivity contribution is 5.79. The summed E-state index contributed by atoms with van der Waals surface area (Å²) in [5.41, 5.74) is 1.14. The summed E-state index contributed by atoms with van der Waals surface area (Å²) < 4.78 is 16.1. The zero-order valence-electron chi connectivity index (χ0n) is 17.4.